The van der Waals surface area contributed by atoms with Crippen LogP contribution in [0.15, 0.2) is 42.7 Å². The highest BCUT2D eigenvalue weighted by molar-refractivity contribution is 5.96. The molecule has 0 unspecified atom stereocenters. The normalized spacial score (nSPS) is 10.4. The minimum Gasteiger partial charge on any atom is -0.492 e. The molecule has 2 aromatic rings. The van der Waals surface area contributed by atoms with Gasteiger partial charge in [0.15, 0.2) is 5.78 Å². The van der Waals surface area contributed by atoms with Gasteiger partial charge in [0.1, 0.15) is 5.75 Å². The Kier molecular flexibility index (Phi) is 5.50. The van der Waals surface area contributed by atoms with E-state index < -0.39 is 0 Å². The fraction of sp³-hybridized carbons (Fsp3) is 0.333. The van der Waals surface area contributed by atoms with Crippen molar-refractivity contribution in [3.8, 4) is 5.75 Å². The van der Waals surface area contributed by atoms with Crippen LogP contribution < -0.4 is 4.74 Å². The molecule has 3 nitrogen and oxygen atoms in total. The Balaban J connectivity index is 1.95. The van der Waals surface area contributed by atoms with E-state index in [4.69, 9.17) is 4.74 Å². The Morgan fingerprint density at radius 1 is 1.19 bits per heavy atom. The highest BCUT2D eigenvalue weighted by atomic mass is 16.5. The van der Waals surface area contributed by atoms with Crippen LogP contribution in [0.1, 0.15) is 41.3 Å². The molecule has 2 rings (SSSR count). The van der Waals surface area contributed by atoms with Crippen molar-refractivity contribution in [3.63, 3.8) is 0 Å². The lowest BCUT2D eigenvalue weighted by Gasteiger charge is -2.06. The van der Waals surface area contributed by atoms with E-state index in [9.17, 15) is 4.79 Å². The molecule has 0 aliphatic carbocycles. The number of Topliss-reactive ketones (excluding diaryl/α,β-unsaturated/α-hetero) is 1. The zero-order valence-electron chi connectivity index (χ0n) is 12.6. The summed E-state index contributed by atoms with van der Waals surface area (Å²) < 4.78 is 5.51. The van der Waals surface area contributed by atoms with Crippen molar-refractivity contribution in [3.05, 3.63) is 59.4 Å². The molecule has 0 aliphatic rings. The van der Waals surface area contributed by atoms with E-state index in [0.29, 0.717) is 24.3 Å². The summed E-state index contributed by atoms with van der Waals surface area (Å²) in [6.45, 7) is 4.75. The van der Waals surface area contributed by atoms with Gasteiger partial charge in [-0.15, -0.1) is 0 Å². The molecule has 1 aromatic carbocycles. The van der Waals surface area contributed by atoms with Crippen molar-refractivity contribution in [2.24, 2.45) is 0 Å². The quantitative estimate of drug-likeness (QED) is 0.721. The van der Waals surface area contributed by atoms with Gasteiger partial charge in [0.2, 0.25) is 0 Å². The zero-order valence-corrected chi connectivity index (χ0v) is 12.6. The van der Waals surface area contributed by atoms with Crippen LogP contribution in [0.3, 0.4) is 0 Å². The summed E-state index contributed by atoms with van der Waals surface area (Å²) in [5, 5.41) is 0. The minimum absolute atomic E-state index is 0.102. The molecule has 0 atom stereocenters. The monoisotopic (exact) mass is 283 g/mol. The third-order valence-electron chi connectivity index (χ3n) is 3.27. The summed E-state index contributed by atoms with van der Waals surface area (Å²) in [6.07, 6.45) is 5.43. The van der Waals surface area contributed by atoms with E-state index in [1.165, 1.54) is 11.1 Å². The second-order valence-corrected chi connectivity index (χ2v) is 5.17. The van der Waals surface area contributed by atoms with Crippen molar-refractivity contribution >= 4 is 5.78 Å². The lowest BCUT2D eigenvalue weighted by molar-refractivity contribution is 0.0982. The summed E-state index contributed by atoms with van der Waals surface area (Å²) in [4.78, 5) is 16.3. The van der Waals surface area contributed by atoms with E-state index >= 15 is 0 Å². The van der Waals surface area contributed by atoms with Crippen LogP contribution in [0.5, 0.6) is 5.75 Å². The third-order valence-corrected chi connectivity index (χ3v) is 3.27. The zero-order chi connectivity index (χ0) is 15.1. The molecule has 3 heteroatoms. The van der Waals surface area contributed by atoms with Crippen molar-refractivity contribution in [2.75, 3.05) is 6.61 Å². The van der Waals surface area contributed by atoms with Crippen LogP contribution in [0.2, 0.25) is 0 Å². The first-order chi connectivity index (χ1) is 10.2. The molecule has 0 fully saturated rings. The first-order valence-electron chi connectivity index (χ1n) is 7.35. The van der Waals surface area contributed by atoms with Crippen molar-refractivity contribution < 1.29 is 9.53 Å². The molecule has 1 aromatic heterocycles. The summed E-state index contributed by atoms with van der Waals surface area (Å²) in [6, 6.07) is 10.1. The van der Waals surface area contributed by atoms with Gasteiger partial charge in [0, 0.05) is 18.2 Å². The van der Waals surface area contributed by atoms with E-state index in [2.05, 4.69) is 36.2 Å². The predicted octanol–water partition coefficient (Wildman–Crippen LogP) is 3.99. The number of ether oxygens (including phenoxy) is 1. The maximum absolute atomic E-state index is 12.2. The standard InChI is InChI=1S/C18H21NO2/c1-3-10-21-17-11-16(12-19-13-17)18(20)9-8-15-6-4-14(2)5-7-15/h4-7,11-13H,3,8-10H2,1-2H3. The first kappa shape index (κ1) is 15.2. The van der Waals surface area contributed by atoms with Gasteiger partial charge >= 0.3 is 0 Å². The predicted molar refractivity (Wildman–Crippen MR) is 83.9 cm³/mol. The van der Waals surface area contributed by atoms with Gasteiger partial charge in [-0.1, -0.05) is 36.8 Å². The molecule has 0 N–H and O–H groups in total. The van der Waals surface area contributed by atoms with Gasteiger partial charge in [0.05, 0.1) is 12.8 Å². The van der Waals surface area contributed by atoms with Gasteiger partial charge < -0.3 is 4.74 Å². The molecule has 0 amide bonds. The smallest absolute Gasteiger partial charge is 0.164 e. The van der Waals surface area contributed by atoms with E-state index in [-0.39, 0.29) is 5.78 Å². The average molecular weight is 283 g/mol. The van der Waals surface area contributed by atoms with Crippen LogP contribution in [0, 0.1) is 6.92 Å². The SMILES string of the molecule is CCCOc1cncc(C(=O)CCc2ccc(C)cc2)c1. The number of pyridine rings is 1. The van der Waals surface area contributed by atoms with E-state index in [0.717, 1.165) is 12.8 Å². The number of aromatic nitrogens is 1. The number of hydrogen-bond donors (Lipinski definition) is 0. The number of aryl methyl sites for hydroxylation is 2. The second-order valence-electron chi connectivity index (χ2n) is 5.17. The van der Waals surface area contributed by atoms with E-state index in [1.54, 1.807) is 18.5 Å². The number of carbonyl (C=O) groups is 1. The number of rotatable bonds is 7. The maximum atomic E-state index is 12.2. The van der Waals surface area contributed by atoms with Gasteiger partial charge in [-0.25, -0.2) is 0 Å². The number of nitrogens with zero attached hydrogens (tertiary/aromatic N) is 1. The highest BCUT2D eigenvalue weighted by Gasteiger charge is 2.08. The third kappa shape index (κ3) is 4.71. The Morgan fingerprint density at radius 2 is 1.95 bits per heavy atom. The first-order valence-corrected chi connectivity index (χ1v) is 7.35. The van der Waals surface area contributed by atoms with Crippen LogP contribution in [-0.4, -0.2) is 17.4 Å². The van der Waals surface area contributed by atoms with Crippen molar-refractivity contribution in [1.29, 1.82) is 0 Å². The van der Waals surface area contributed by atoms with Crippen molar-refractivity contribution in [2.45, 2.75) is 33.1 Å². The van der Waals surface area contributed by atoms with Gasteiger partial charge in [-0.05, 0) is 31.4 Å². The fourth-order valence-electron chi connectivity index (χ4n) is 2.03. The lowest BCUT2D eigenvalue weighted by atomic mass is 10.0. The molecule has 0 saturated carbocycles. The molecule has 0 saturated heterocycles. The molecule has 0 radical (unpaired) electrons. The summed E-state index contributed by atoms with van der Waals surface area (Å²) >= 11 is 0. The highest BCUT2D eigenvalue weighted by Crippen LogP contribution is 2.14. The molecule has 21 heavy (non-hydrogen) atoms. The maximum Gasteiger partial charge on any atom is 0.164 e. The summed E-state index contributed by atoms with van der Waals surface area (Å²) in [7, 11) is 0. The molecule has 1 heterocycles. The molecule has 0 bridgehead atoms. The fourth-order valence-corrected chi connectivity index (χ4v) is 2.03. The Bertz CT molecular complexity index is 590. The number of ketones is 1. The Morgan fingerprint density at radius 3 is 2.67 bits per heavy atom. The largest absolute Gasteiger partial charge is 0.492 e. The Hall–Kier alpha value is -2.16. The van der Waals surface area contributed by atoms with Crippen LogP contribution in [-0.2, 0) is 6.42 Å². The molecule has 0 aliphatic heterocycles. The Labute approximate surface area is 126 Å². The van der Waals surface area contributed by atoms with Gasteiger partial charge in [-0.2, -0.15) is 0 Å². The van der Waals surface area contributed by atoms with Crippen LogP contribution in [0.25, 0.3) is 0 Å². The number of carbonyl (C=O) groups excluding carboxylic acids is 1. The van der Waals surface area contributed by atoms with E-state index in [1.807, 2.05) is 6.92 Å². The second kappa shape index (κ2) is 7.58. The molecular weight excluding hydrogens is 262 g/mol. The lowest BCUT2D eigenvalue weighted by Crippen LogP contribution is -2.03. The van der Waals surface area contributed by atoms with Gasteiger partial charge in [0.25, 0.3) is 0 Å². The topological polar surface area (TPSA) is 39.2 Å². The molecular formula is C18H21NO2. The average Bonchev–Trinajstić information content (AvgIpc) is 2.52. The van der Waals surface area contributed by atoms with Crippen LogP contribution >= 0.6 is 0 Å². The summed E-state index contributed by atoms with van der Waals surface area (Å²) in [5.41, 5.74) is 3.03. The molecule has 0 spiro atoms. The number of benzene rings is 1. The number of hydrogen-bond acceptors (Lipinski definition) is 3. The van der Waals surface area contributed by atoms with Crippen molar-refractivity contribution in [1.82, 2.24) is 4.98 Å². The summed E-state index contributed by atoms with van der Waals surface area (Å²) in [5.74, 6) is 0.767. The van der Waals surface area contributed by atoms with Crippen LogP contribution in [0.4, 0.5) is 0 Å². The minimum atomic E-state index is 0.102. The molecule has 110 valence electrons. The van der Waals surface area contributed by atoms with Gasteiger partial charge in [-0.3, -0.25) is 9.78 Å².